The van der Waals surface area contributed by atoms with Crippen LogP contribution in [-0.4, -0.2) is 60.0 Å². The molecule has 2 aliphatic heterocycles. The molecule has 2 aliphatic rings. The topological polar surface area (TPSA) is 121 Å². The summed E-state index contributed by atoms with van der Waals surface area (Å²) in [6.45, 7) is 1.45. The van der Waals surface area contributed by atoms with Gasteiger partial charge in [-0.25, -0.2) is 4.79 Å². The van der Waals surface area contributed by atoms with E-state index in [4.69, 9.17) is 19.9 Å². The van der Waals surface area contributed by atoms with Gasteiger partial charge in [-0.3, -0.25) is 14.6 Å². The van der Waals surface area contributed by atoms with Gasteiger partial charge in [-0.05, 0) is 12.1 Å². The lowest BCUT2D eigenvalue weighted by Gasteiger charge is -2.31. The van der Waals surface area contributed by atoms with Crippen molar-refractivity contribution in [2.75, 3.05) is 13.2 Å². The number of aliphatic imine (C=N–C) groups is 1. The van der Waals surface area contributed by atoms with Crippen molar-refractivity contribution < 1.29 is 28.6 Å². The molecule has 9 heteroatoms. The molecule has 3 rings (SSSR count). The van der Waals surface area contributed by atoms with Gasteiger partial charge in [0.25, 0.3) is 5.91 Å². The fourth-order valence-electron chi connectivity index (χ4n) is 3.05. The number of esters is 2. The molecule has 0 aromatic heterocycles. The summed E-state index contributed by atoms with van der Waals surface area (Å²) in [5.41, 5.74) is 5.91. The van der Waals surface area contributed by atoms with Gasteiger partial charge in [-0.1, -0.05) is 18.2 Å². The molecule has 3 atom stereocenters. The van der Waals surface area contributed by atoms with E-state index in [2.05, 4.69) is 4.99 Å². The molecule has 28 heavy (non-hydrogen) atoms. The molecule has 1 fully saturated rings. The Morgan fingerprint density at radius 3 is 2.71 bits per heavy atom. The highest BCUT2D eigenvalue weighted by molar-refractivity contribution is 6.39. The second-order valence-corrected chi connectivity index (χ2v) is 6.41. The van der Waals surface area contributed by atoms with Crippen LogP contribution in [0.1, 0.15) is 23.7 Å². The van der Waals surface area contributed by atoms with Crippen LogP contribution in [0.4, 0.5) is 0 Å². The van der Waals surface area contributed by atoms with Gasteiger partial charge in [0.15, 0.2) is 6.23 Å². The molecule has 2 heterocycles. The van der Waals surface area contributed by atoms with Crippen molar-refractivity contribution in [3.05, 3.63) is 48.3 Å². The Labute approximate surface area is 161 Å². The second kappa shape index (κ2) is 8.66. The minimum atomic E-state index is -0.648. The van der Waals surface area contributed by atoms with Gasteiger partial charge < -0.3 is 24.8 Å². The number of nitrogens with two attached hydrogens (primary N) is 1. The predicted molar refractivity (Wildman–Crippen MR) is 98.0 cm³/mol. The summed E-state index contributed by atoms with van der Waals surface area (Å²) in [7, 11) is 0. The van der Waals surface area contributed by atoms with Gasteiger partial charge in [-0.2, -0.15) is 0 Å². The number of hydrogen-bond donors (Lipinski definition) is 1. The zero-order valence-corrected chi connectivity index (χ0v) is 15.3. The van der Waals surface area contributed by atoms with Crippen LogP contribution in [0.25, 0.3) is 0 Å². The predicted octanol–water partition coefficient (Wildman–Crippen LogP) is 0.603. The summed E-state index contributed by atoms with van der Waals surface area (Å²) in [6, 6.07) is 8.62. The monoisotopic (exact) mass is 387 g/mol. The molecule has 148 valence electrons. The molecule has 0 radical (unpaired) electrons. The van der Waals surface area contributed by atoms with E-state index in [9.17, 15) is 14.4 Å². The molecule has 1 aromatic carbocycles. The standard InChI is InChI=1S/C19H21N3O6/c1-12(23)27-16-9-14(11-26-19(25)13-5-3-2-4-6-13)28-18(16)22-8-7-21-15(10-22)17(20)24/h2-8,14,16,18H,9-11H2,1H3,(H2,20,24)/t14-,16+,18+/m0/s1. The molecular formula is C19H21N3O6. The first-order chi connectivity index (χ1) is 13.4. The zero-order valence-electron chi connectivity index (χ0n) is 15.3. The van der Waals surface area contributed by atoms with Gasteiger partial charge in [0, 0.05) is 25.7 Å². The van der Waals surface area contributed by atoms with Crippen molar-refractivity contribution in [3.63, 3.8) is 0 Å². The molecule has 1 saturated heterocycles. The number of ether oxygens (including phenoxy) is 3. The molecule has 9 nitrogen and oxygen atoms in total. The lowest BCUT2D eigenvalue weighted by Crippen LogP contribution is -2.46. The summed E-state index contributed by atoms with van der Waals surface area (Å²) < 4.78 is 16.6. The normalized spacial score (nSPS) is 23.8. The number of amides is 1. The number of nitrogens with zero attached hydrogens (tertiary/aromatic N) is 2. The van der Waals surface area contributed by atoms with Crippen LogP contribution in [0.2, 0.25) is 0 Å². The molecule has 1 amide bonds. The second-order valence-electron chi connectivity index (χ2n) is 6.41. The Morgan fingerprint density at radius 2 is 2.04 bits per heavy atom. The van der Waals surface area contributed by atoms with Crippen molar-refractivity contribution in [1.29, 1.82) is 0 Å². The Balaban J connectivity index is 1.63. The number of carbonyl (C=O) groups excluding carboxylic acids is 3. The van der Waals surface area contributed by atoms with Crippen LogP contribution in [0.15, 0.2) is 47.7 Å². The maximum absolute atomic E-state index is 12.1. The van der Waals surface area contributed by atoms with E-state index in [0.717, 1.165) is 0 Å². The van der Waals surface area contributed by atoms with Crippen molar-refractivity contribution in [2.45, 2.75) is 31.8 Å². The van der Waals surface area contributed by atoms with Crippen molar-refractivity contribution in [3.8, 4) is 0 Å². The molecule has 2 N–H and O–H groups in total. The Bertz CT molecular complexity index is 807. The van der Waals surface area contributed by atoms with Crippen LogP contribution in [-0.2, 0) is 23.8 Å². The highest BCUT2D eigenvalue weighted by Gasteiger charge is 2.41. The fraction of sp³-hybridized carbons (Fsp3) is 0.368. The first-order valence-corrected chi connectivity index (χ1v) is 8.78. The summed E-state index contributed by atoms with van der Waals surface area (Å²) in [6.07, 6.45) is 1.71. The lowest BCUT2D eigenvalue weighted by molar-refractivity contribution is -0.154. The smallest absolute Gasteiger partial charge is 0.338 e. The molecular weight excluding hydrogens is 366 g/mol. The number of rotatable bonds is 6. The van der Waals surface area contributed by atoms with Gasteiger partial charge in [-0.15, -0.1) is 0 Å². The molecule has 0 aliphatic carbocycles. The van der Waals surface area contributed by atoms with E-state index in [0.29, 0.717) is 12.0 Å². The molecule has 0 saturated carbocycles. The average Bonchev–Trinajstić information content (AvgIpc) is 3.09. The Kier molecular flexibility index (Phi) is 6.05. The third-order valence-electron chi connectivity index (χ3n) is 4.30. The fourth-order valence-corrected chi connectivity index (χ4v) is 3.05. The summed E-state index contributed by atoms with van der Waals surface area (Å²) >= 11 is 0. The van der Waals surface area contributed by atoms with Crippen LogP contribution in [0, 0.1) is 0 Å². The maximum Gasteiger partial charge on any atom is 0.338 e. The summed E-state index contributed by atoms with van der Waals surface area (Å²) in [4.78, 5) is 40.6. The number of benzene rings is 1. The first-order valence-electron chi connectivity index (χ1n) is 8.78. The van der Waals surface area contributed by atoms with E-state index in [-0.39, 0.29) is 18.9 Å². The van der Waals surface area contributed by atoms with Gasteiger partial charge in [0.05, 0.1) is 18.2 Å². The average molecular weight is 387 g/mol. The third kappa shape index (κ3) is 4.74. The molecule has 0 spiro atoms. The molecule has 0 unspecified atom stereocenters. The number of carbonyl (C=O) groups is 3. The van der Waals surface area contributed by atoms with Crippen LogP contribution in [0.3, 0.4) is 0 Å². The zero-order chi connectivity index (χ0) is 20.1. The van der Waals surface area contributed by atoms with E-state index >= 15 is 0 Å². The quantitative estimate of drug-likeness (QED) is 0.710. The Hall–Kier alpha value is -3.20. The summed E-state index contributed by atoms with van der Waals surface area (Å²) in [5.74, 6) is -1.55. The van der Waals surface area contributed by atoms with Gasteiger partial charge in [0.2, 0.25) is 0 Å². The largest absolute Gasteiger partial charge is 0.459 e. The minimum Gasteiger partial charge on any atom is -0.459 e. The van der Waals surface area contributed by atoms with E-state index in [1.54, 1.807) is 41.4 Å². The van der Waals surface area contributed by atoms with Gasteiger partial charge >= 0.3 is 11.9 Å². The van der Waals surface area contributed by atoms with Crippen molar-refractivity contribution >= 4 is 23.6 Å². The highest BCUT2D eigenvalue weighted by Crippen LogP contribution is 2.28. The number of hydrogen-bond acceptors (Lipinski definition) is 8. The van der Waals surface area contributed by atoms with Crippen molar-refractivity contribution in [2.24, 2.45) is 10.7 Å². The van der Waals surface area contributed by atoms with E-state index in [1.807, 2.05) is 0 Å². The third-order valence-corrected chi connectivity index (χ3v) is 4.30. The Morgan fingerprint density at radius 1 is 1.29 bits per heavy atom. The molecule has 1 aromatic rings. The van der Waals surface area contributed by atoms with Gasteiger partial charge in [0.1, 0.15) is 18.4 Å². The minimum absolute atomic E-state index is 0.0102. The lowest BCUT2D eigenvalue weighted by atomic mass is 10.1. The van der Waals surface area contributed by atoms with Crippen LogP contribution >= 0.6 is 0 Å². The number of primary amides is 1. The SMILES string of the molecule is CC(=O)O[C@@H]1C[C@@H](COC(=O)c2ccccc2)O[C@H]1N1C=CN=C(C(N)=O)C1. The molecule has 0 bridgehead atoms. The first kappa shape index (κ1) is 19.6. The highest BCUT2D eigenvalue weighted by atomic mass is 16.6. The van der Waals surface area contributed by atoms with Crippen LogP contribution in [0.5, 0.6) is 0 Å². The summed E-state index contributed by atoms with van der Waals surface area (Å²) in [5, 5.41) is 0. The maximum atomic E-state index is 12.1. The van der Waals surface area contributed by atoms with E-state index in [1.165, 1.54) is 13.1 Å². The van der Waals surface area contributed by atoms with E-state index < -0.39 is 36.3 Å². The van der Waals surface area contributed by atoms with Crippen molar-refractivity contribution in [1.82, 2.24) is 4.90 Å². The van der Waals surface area contributed by atoms with Crippen LogP contribution < -0.4 is 5.73 Å².